The standard InChI is InChI=1S/C35H56N6O3.C23H34ClNOS.C6H5Cl/c1-36-34(43)33(4-3-21-42)31-23-32(25-37-24-31)40-17-9-29(10-18-40)26-39-15-5-27(6-16-39)22-28-7-19-41(20-8-28)35(44)30-11-13-38(2)14-12-30;1-17(2)22(15-27-18(3)4)25(5)21(19-7-9-20(24)10-8-19)11-14-23(16-26)12-6-13-23;7-6-4-2-1-3-5-6/h21,23-25,27-30,33H,3-20,22,26H2,1-2H3,(H,36,43);6-10,12,16-18,21-22H,11,13-15H2,1-5H3;1-5H/t;21?,22?,23-;/m.0./s1. The number of rotatable bonds is 22. The Bertz CT molecular complexity index is 2280. The molecule has 5 aliphatic rings. The third kappa shape index (κ3) is 19.7. The first-order chi connectivity index (χ1) is 37.6. The van der Waals surface area contributed by atoms with Crippen molar-refractivity contribution in [3.05, 3.63) is 106 Å². The number of thioether (sulfide) groups is 1. The monoisotopic (exact) mass is 1130 g/mol. The van der Waals surface area contributed by atoms with Crippen LogP contribution in [0.25, 0.3) is 0 Å². The number of pyridine rings is 1. The molecule has 4 aliphatic heterocycles. The number of piperidine rings is 4. The van der Waals surface area contributed by atoms with E-state index in [0.29, 0.717) is 36.0 Å². The maximum atomic E-state index is 13.0. The lowest BCUT2D eigenvalue weighted by atomic mass is 9.73. The molecular weight excluding hydrogens is 1030 g/mol. The fraction of sp³-hybridized carbons (Fsp3) is 0.641. The highest BCUT2D eigenvalue weighted by Crippen LogP contribution is 2.41. The highest BCUT2D eigenvalue weighted by molar-refractivity contribution is 7.99. The number of carbonyl (C=O) groups excluding carboxylic acids is 4. The number of hydrogen-bond donors (Lipinski definition) is 1. The number of carbonyl (C=O) groups is 4. The topological polar surface area (TPSA) is 109 Å². The SMILES string of the molecule is CC(C)SCC(C(C)C)N(C)C(CC[C@]1(C=O)C=CC1)c1ccc(Cl)cc1.CNC(=O)C(CCC=O)c1cncc(N2CCC(CN3CCC(CC4CCN(C(=O)C5CCN(C)CC5)CC4)CC3)CC2)c1.Clc1ccccc1. The van der Waals surface area contributed by atoms with E-state index >= 15 is 0 Å². The van der Waals surface area contributed by atoms with Crippen LogP contribution in [0.3, 0.4) is 0 Å². The summed E-state index contributed by atoms with van der Waals surface area (Å²) in [6, 6.07) is 20.5. The first kappa shape index (κ1) is 63.4. The van der Waals surface area contributed by atoms with E-state index < -0.39 is 0 Å². The largest absolute Gasteiger partial charge is 0.370 e. The van der Waals surface area contributed by atoms with Crippen LogP contribution in [-0.2, 0) is 19.2 Å². The van der Waals surface area contributed by atoms with E-state index in [4.69, 9.17) is 23.2 Å². The zero-order valence-electron chi connectivity index (χ0n) is 48.4. The number of anilines is 1. The van der Waals surface area contributed by atoms with Crippen LogP contribution in [0.1, 0.15) is 141 Å². The molecule has 1 aliphatic carbocycles. The number of hydrogen-bond acceptors (Lipinski definition) is 10. The van der Waals surface area contributed by atoms with Gasteiger partial charge in [0, 0.05) is 91.6 Å². The average molecular weight is 1130 g/mol. The molecule has 2 aromatic carbocycles. The minimum Gasteiger partial charge on any atom is -0.370 e. The Balaban J connectivity index is 0.000000244. The molecule has 1 aromatic heterocycles. The smallest absolute Gasteiger partial charge is 0.227 e. The van der Waals surface area contributed by atoms with Crippen LogP contribution in [0, 0.1) is 35.0 Å². The Kier molecular flexibility index (Phi) is 26.5. The molecule has 3 unspecified atom stereocenters. The van der Waals surface area contributed by atoms with Crippen LogP contribution in [0.15, 0.2) is 85.2 Å². The molecule has 4 saturated heterocycles. The number of allylic oxidation sites excluding steroid dienone is 2. The molecule has 0 bridgehead atoms. The first-order valence-corrected chi connectivity index (χ1v) is 31.4. The predicted molar refractivity (Wildman–Crippen MR) is 326 cm³/mol. The Morgan fingerprint density at radius 3 is 1.95 bits per heavy atom. The van der Waals surface area contributed by atoms with E-state index in [1.807, 2.05) is 60.4 Å². The zero-order chi connectivity index (χ0) is 56.0. The molecule has 0 saturated carbocycles. The highest BCUT2D eigenvalue weighted by atomic mass is 35.5. The predicted octanol–water partition coefficient (Wildman–Crippen LogP) is 12.5. The van der Waals surface area contributed by atoms with Gasteiger partial charge in [-0.25, -0.2) is 0 Å². The molecule has 8 rings (SSSR count). The van der Waals surface area contributed by atoms with Crippen molar-refractivity contribution < 1.29 is 19.2 Å². The molecule has 4 atom stereocenters. The third-order valence-corrected chi connectivity index (χ3v) is 19.3. The number of aromatic nitrogens is 1. The number of aldehydes is 2. The molecule has 0 radical (unpaired) electrons. The fourth-order valence-corrected chi connectivity index (χ4v) is 13.8. The summed E-state index contributed by atoms with van der Waals surface area (Å²) in [5.74, 6) is 4.35. The number of halogens is 2. The van der Waals surface area contributed by atoms with Crippen molar-refractivity contribution in [1.82, 2.24) is 29.9 Å². The van der Waals surface area contributed by atoms with Gasteiger partial charge in [-0.1, -0.05) is 93.4 Å². The Morgan fingerprint density at radius 2 is 1.41 bits per heavy atom. The number of amides is 2. The lowest BCUT2D eigenvalue weighted by molar-refractivity contribution is -0.138. The summed E-state index contributed by atoms with van der Waals surface area (Å²) in [6.45, 7) is 18.9. The summed E-state index contributed by atoms with van der Waals surface area (Å²) >= 11 is 13.7. The lowest BCUT2D eigenvalue weighted by Gasteiger charge is -2.40. The average Bonchev–Trinajstić information content (AvgIpc) is 3.46. The molecule has 78 heavy (non-hydrogen) atoms. The lowest BCUT2D eigenvalue weighted by Crippen LogP contribution is -2.45. The van der Waals surface area contributed by atoms with E-state index in [-0.39, 0.29) is 29.2 Å². The molecule has 0 spiro atoms. The normalized spacial score (nSPS) is 21.2. The minimum atomic E-state index is -0.343. The Hall–Kier alpha value is -3.78. The number of benzene rings is 2. The number of nitrogens with one attached hydrogen (secondary N) is 1. The van der Waals surface area contributed by atoms with Gasteiger partial charge in [0.25, 0.3) is 0 Å². The molecule has 4 fully saturated rings. The molecule has 5 heterocycles. The minimum absolute atomic E-state index is 0.0616. The van der Waals surface area contributed by atoms with Gasteiger partial charge in [-0.05, 0) is 194 Å². The maximum Gasteiger partial charge on any atom is 0.227 e. The van der Waals surface area contributed by atoms with Gasteiger partial charge in [0.1, 0.15) is 12.6 Å². The van der Waals surface area contributed by atoms with E-state index in [1.165, 1.54) is 70.1 Å². The van der Waals surface area contributed by atoms with Gasteiger partial charge in [-0.15, -0.1) is 0 Å². The molecule has 430 valence electrons. The van der Waals surface area contributed by atoms with Crippen molar-refractivity contribution in [2.24, 2.45) is 35.0 Å². The zero-order valence-corrected chi connectivity index (χ0v) is 50.7. The van der Waals surface area contributed by atoms with Crippen molar-refractivity contribution >= 4 is 65.0 Å². The number of likely N-dealkylation sites (N-methyl/N-ethyl adjacent to an activating group) is 1. The van der Waals surface area contributed by atoms with Crippen LogP contribution in [-0.4, -0.2) is 146 Å². The quantitative estimate of drug-likeness (QED) is 0.0772. The summed E-state index contributed by atoms with van der Waals surface area (Å²) in [4.78, 5) is 64.7. The molecule has 14 heteroatoms. The van der Waals surface area contributed by atoms with Crippen LogP contribution < -0.4 is 10.2 Å². The van der Waals surface area contributed by atoms with Crippen molar-refractivity contribution in [3.63, 3.8) is 0 Å². The summed E-state index contributed by atoms with van der Waals surface area (Å²) in [7, 11) is 6.05. The van der Waals surface area contributed by atoms with Gasteiger partial charge in [-0.3, -0.25) is 19.5 Å². The summed E-state index contributed by atoms with van der Waals surface area (Å²) in [5, 5.41) is 4.93. The summed E-state index contributed by atoms with van der Waals surface area (Å²) < 4.78 is 0. The van der Waals surface area contributed by atoms with E-state index in [2.05, 4.69) is 107 Å². The fourth-order valence-electron chi connectivity index (χ4n) is 12.3. The van der Waals surface area contributed by atoms with Gasteiger partial charge >= 0.3 is 0 Å². The summed E-state index contributed by atoms with van der Waals surface area (Å²) in [5.41, 5.74) is 3.01. The second-order valence-corrected chi connectivity index (χ2v) is 26.3. The molecule has 2 amide bonds. The van der Waals surface area contributed by atoms with Crippen molar-refractivity contribution in [3.8, 4) is 0 Å². The van der Waals surface area contributed by atoms with Gasteiger partial charge in [0.2, 0.25) is 11.8 Å². The van der Waals surface area contributed by atoms with Crippen molar-refractivity contribution in [2.75, 3.05) is 90.7 Å². The Labute approximate surface area is 484 Å². The van der Waals surface area contributed by atoms with Gasteiger partial charge in [0.15, 0.2) is 0 Å². The molecule has 3 aromatic rings. The maximum absolute atomic E-state index is 13.0. The summed E-state index contributed by atoms with van der Waals surface area (Å²) in [6.07, 6.45) is 24.3. The van der Waals surface area contributed by atoms with Crippen LogP contribution in [0.2, 0.25) is 10.0 Å². The third-order valence-electron chi connectivity index (χ3n) is 17.6. The second-order valence-electron chi connectivity index (χ2n) is 23.9. The first-order valence-electron chi connectivity index (χ1n) is 29.6. The van der Waals surface area contributed by atoms with Crippen LogP contribution in [0.4, 0.5) is 5.69 Å². The Morgan fingerprint density at radius 1 is 0.795 bits per heavy atom. The molecular formula is C64H95Cl2N7O4S. The van der Waals surface area contributed by atoms with Crippen molar-refractivity contribution in [1.29, 1.82) is 0 Å². The molecule has 1 N–H and O–H groups in total. The highest BCUT2D eigenvalue weighted by Gasteiger charge is 2.35. The van der Waals surface area contributed by atoms with Gasteiger partial charge < -0.3 is 34.5 Å². The van der Waals surface area contributed by atoms with Gasteiger partial charge in [0.05, 0.1) is 17.8 Å². The van der Waals surface area contributed by atoms with E-state index in [1.54, 1.807) is 13.2 Å². The molecule has 11 nitrogen and oxygen atoms in total. The van der Waals surface area contributed by atoms with E-state index in [9.17, 15) is 19.2 Å². The van der Waals surface area contributed by atoms with E-state index in [0.717, 1.165) is 129 Å². The van der Waals surface area contributed by atoms with Crippen LogP contribution >= 0.6 is 35.0 Å². The van der Waals surface area contributed by atoms with Gasteiger partial charge in [-0.2, -0.15) is 11.8 Å². The second kappa shape index (κ2) is 32.6. The number of nitrogens with zero attached hydrogens (tertiary/aromatic N) is 6. The van der Waals surface area contributed by atoms with Crippen molar-refractivity contribution in [2.45, 2.75) is 141 Å². The van der Waals surface area contributed by atoms with Crippen LogP contribution in [0.5, 0.6) is 0 Å². The number of likely N-dealkylation sites (tertiary alicyclic amines) is 3.